The summed E-state index contributed by atoms with van der Waals surface area (Å²) in [6.07, 6.45) is 4.49. The van der Waals surface area contributed by atoms with Crippen LogP contribution in [0, 0.1) is 11.7 Å². The minimum absolute atomic E-state index is 0.0147. The molecule has 2 fully saturated rings. The zero-order valence-electron chi connectivity index (χ0n) is 12.1. The summed E-state index contributed by atoms with van der Waals surface area (Å²) in [5, 5.41) is 3.76. The number of anilines is 1. The largest absolute Gasteiger partial charge is 0.355 e. The number of nitrogens with one attached hydrogen (secondary N) is 1. The SMILES string of the molecule is O=C(NC1CC1)C1CCN(c2ncnc3ccc(F)cc23)C1. The third kappa shape index (κ3) is 2.49. The molecule has 1 saturated carbocycles. The average molecular weight is 300 g/mol. The van der Waals surface area contributed by atoms with E-state index in [0.29, 0.717) is 23.8 Å². The molecule has 1 aliphatic carbocycles. The Balaban J connectivity index is 1.57. The van der Waals surface area contributed by atoms with Gasteiger partial charge in [-0.2, -0.15) is 0 Å². The zero-order chi connectivity index (χ0) is 15.1. The molecule has 1 N–H and O–H groups in total. The van der Waals surface area contributed by atoms with Gasteiger partial charge in [0.15, 0.2) is 0 Å². The summed E-state index contributed by atoms with van der Waals surface area (Å²) < 4.78 is 13.5. The van der Waals surface area contributed by atoms with Crippen molar-refractivity contribution in [1.82, 2.24) is 15.3 Å². The molecule has 2 heterocycles. The van der Waals surface area contributed by atoms with Gasteiger partial charge in [-0.15, -0.1) is 0 Å². The summed E-state index contributed by atoms with van der Waals surface area (Å²) in [5.41, 5.74) is 0.720. The lowest BCUT2D eigenvalue weighted by molar-refractivity contribution is -0.124. The van der Waals surface area contributed by atoms with Crippen LogP contribution in [0.15, 0.2) is 24.5 Å². The van der Waals surface area contributed by atoms with Crippen LogP contribution in [0.4, 0.5) is 10.2 Å². The molecule has 0 bridgehead atoms. The van der Waals surface area contributed by atoms with Crippen molar-refractivity contribution >= 4 is 22.6 Å². The number of fused-ring (bicyclic) bond motifs is 1. The van der Waals surface area contributed by atoms with E-state index in [9.17, 15) is 9.18 Å². The molecule has 1 saturated heterocycles. The molecule has 1 atom stereocenters. The first-order chi connectivity index (χ1) is 10.7. The molecule has 2 aliphatic rings. The van der Waals surface area contributed by atoms with E-state index in [1.807, 2.05) is 0 Å². The van der Waals surface area contributed by atoms with Crippen molar-refractivity contribution in [2.45, 2.75) is 25.3 Å². The molecule has 1 aromatic heterocycles. The number of halogens is 1. The molecule has 2 aromatic rings. The topological polar surface area (TPSA) is 58.1 Å². The lowest BCUT2D eigenvalue weighted by Crippen LogP contribution is -2.34. The number of hydrogen-bond acceptors (Lipinski definition) is 4. The molecule has 4 rings (SSSR count). The van der Waals surface area contributed by atoms with Gasteiger partial charge >= 0.3 is 0 Å². The van der Waals surface area contributed by atoms with Gasteiger partial charge in [0.2, 0.25) is 5.91 Å². The molecule has 1 amide bonds. The third-order valence-electron chi connectivity index (χ3n) is 4.36. The summed E-state index contributed by atoms with van der Waals surface area (Å²) in [7, 11) is 0. The maximum Gasteiger partial charge on any atom is 0.225 e. The van der Waals surface area contributed by atoms with Crippen LogP contribution in [0.1, 0.15) is 19.3 Å². The van der Waals surface area contributed by atoms with Crippen molar-refractivity contribution in [2.75, 3.05) is 18.0 Å². The molecule has 1 aliphatic heterocycles. The average Bonchev–Trinajstić information content (AvgIpc) is 3.19. The molecule has 1 unspecified atom stereocenters. The third-order valence-corrected chi connectivity index (χ3v) is 4.36. The molecule has 6 heteroatoms. The second-order valence-electron chi connectivity index (χ2n) is 6.07. The lowest BCUT2D eigenvalue weighted by atomic mass is 10.1. The normalized spacial score (nSPS) is 21.3. The first-order valence-electron chi connectivity index (χ1n) is 7.66. The summed E-state index contributed by atoms with van der Waals surface area (Å²) in [5.74, 6) is 0.533. The number of nitrogens with zero attached hydrogens (tertiary/aromatic N) is 3. The van der Waals surface area contributed by atoms with Crippen LogP contribution >= 0.6 is 0 Å². The van der Waals surface area contributed by atoms with Crippen LogP contribution < -0.4 is 10.2 Å². The number of hydrogen-bond donors (Lipinski definition) is 1. The number of aromatic nitrogens is 2. The second kappa shape index (κ2) is 5.19. The Hall–Kier alpha value is -2.24. The minimum atomic E-state index is -0.300. The smallest absolute Gasteiger partial charge is 0.225 e. The van der Waals surface area contributed by atoms with Gasteiger partial charge in [-0.1, -0.05) is 0 Å². The lowest BCUT2D eigenvalue weighted by Gasteiger charge is -2.19. The van der Waals surface area contributed by atoms with Crippen molar-refractivity contribution in [3.8, 4) is 0 Å². The van der Waals surface area contributed by atoms with Gasteiger partial charge in [0, 0.05) is 24.5 Å². The van der Waals surface area contributed by atoms with Crippen LogP contribution in [-0.2, 0) is 4.79 Å². The van der Waals surface area contributed by atoms with E-state index in [-0.39, 0.29) is 17.6 Å². The van der Waals surface area contributed by atoms with Crippen LogP contribution in [0.3, 0.4) is 0 Å². The molecule has 1 aromatic carbocycles. The van der Waals surface area contributed by atoms with E-state index < -0.39 is 0 Å². The van der Waals surface area contributed by atoms with Crippen LogP contribution in [0.25, 0.3) is 10.9 Å². The van der Waals surface area contributed by atoms with E-state index >= 15 is 0 Å². The fraction of sp³-hybridized carbons (Fsp3) is 0.438. The Bertz CT molecular complexity index is 731. The Morgan fingerprint density at radius 3 is 2.95 bits per heavy atom. The number of rotatable bonds is 3. The molecule has 22 heavy (non-hydrogen) atoms. The first-order valence-corrected chi connectivity index (χ1v) is 7.66. The van der Waals surface area contributed by atoms with Crippen molar-refractivity contribution < 1.29 is 9.18 Å². The summed E-state index contributed by atoms with van der Waals surface area (Å²) >= 11 is 0. The van der Waals surface area contributed by atoms with E-state index in [4.69, 9.17) is 0 Å². The van der Waals surface area contributed by atoms with Gasteiger partial charge in [0.25, 0.3) is 0 Å². The predicted molar refractivity (Wildman–Crippen MR) is 81.0 cm³/mol. The van der Waals surface area contributed by atoms with Gasteiger partial charge < -0.3 is 10.2 Å². The quantitative estimate of drug-likeness (QED) is 0.940. The standard InChI is InChI=1S/C16H17FN4O/c17-11-1-4-14-13(7-11)15(19-9-18-14)21-6-5-10(8-21)16(22)20-12-2-3-12/h1,4,7,9-10,12H,2-3,5-6,8H2,(H,20,22). The van der Waals surface area contributed by atoms with Crippen molar-refractivity contribution in [2.24, 2.45) is 5.92 Å². The highest BCUT2D eigenvalue weighted by molar-refractivity contribution is 5.90. The van der Waals surface area contributed by atoms with E-state index in [1.54, 1.807) is 6.07 Å². The summed E-state index contributed by atoms with van der Waals surface area (Å²) in [6.45, 7) is 1.38. The van der Waals surface area contributed by atoms with E-state index in [2.05, 4.69) is 20.2 Å². The second-order valence-corrected chi connectivity index (χ2v) is 6.07. The fourth-order valence-electron chi connectivity index (χ4n) is 2.98. The number of benzene rings is 1. The van der Waals surface area contributed by atoms with Crippen molar-refractivity contribution in [3.05, 3.63) is 30.3 Å². The Kier molecular flexibility index (Phi) is 3.17. The van der Waals surface area contributed by atoms with Gasteiger partial charge in [-0.05, 0) is 37.5 Å². The Morgan fingerprint density at radius 2 is 2.14 bits per heavy atom. The van der Waals surface area contributed by atoms with Crippen LogP contribution in [-0.4, -0.2) is 35.0 Å². The first kappa shape index (κ1) is 13.4. The molecule has 0 spiro atoms. The molecule has 5 nitrogen and oxygen atoms in total. The monoisotopic (exact) mass is 300 g/mol. The maximum atomic E-state index is 13.5. The van der Waals surface area contributed by atoms with Crippen LogP contribution in [0.5, 0.6) is 0 Å². The van der Waals surface area contributed by atoms with Gasteiger partial charge in [0.05, 0.1) is 11.4 Å². The molecular formula is C16H17FN4O. The summed E-state index contributed by atoms with van der Waals surface area (Å²) in [4.78, 5) is 22.7. The van der Waals surface area contributed by atoms with Crippen LogP contribution in [0.2, 0.25) is 0 Å². The zero-order valence-corrected chi connectivity index (χ0v) is 12.1. The minimum Gasteiger partial charge on any atom is -0.355 e. The Morgan fingerprint density at radius 1 is 1.27 bits per heavy atom. The highest BCUT2D eigenvalue weighted by Gasteiger charge is 2.33. The van der Waals surface area contributed by atoms with Gasteiger partial charge in [-0.25, -0.2) is 14.4 Å². The molecule has 0 radical (unpaired) electrons. The maximum absolute atomic E-state index is 13.5. The van der Waals surface area contributed by atoms with Crippen molar-refractivity contribution in [3.63, 3.8) is 0 Å². The summed E-state index contributed by atoms with van der Waals surface area (Å²) in [6, 6.07) is 4.90. The Labute approximate surface area is 127 Å². The fourth-order valence-corrected chi connectivity index (χ4v) is 2.98. The van der Waals surface area contributed by atoms with E-state index in [1.165, 1.54) is 18.5 Å². The molecular weight excluding hydrogens is 283 g/mol. The van der Waals surface area contributed by atoms with E-state index in [0.717, 1.165) is 31.3 Å². The van der Waals surface area contributed by atoms with Crippen molar-refractivity contribution in [1.29, 1.82) is 0 Å². The van der Waals surface area contributed by atoms with Gasteiger partial charge in [0.1, 0.15) is 18.0 Å². The molecule has 114 valence electrons. The highest BCUT2D eigenvalue weighted by Crippen LogP contribution is 2.29. The number of carbonyl (C=O) groups is 1. The highest BCUT2D eigenvalue weighted by atomic mass is 19.1. The van der Waals surface area contributed by atoms with Gasteiger partial charge in [-0.3, -0.25) is 4.79 Å². The number of carbonyl (C=O) groups excluding carboxylic acids is 1. The predicted octanol–water partition coefficient (Wildman–Crippen LogP) is 1.87. The number of amides is 1.